The van der Waals surface area contributed by atoms with Crippen molar-refractivity contribution in [2.45, 2.75) is 11.3 Å². The molecule has 0 fully saturated rings. The van der Waals surface area contributed by atoms with Gasteiger partial charge in [0, 0.05) is 22.8 Å². The van der Waals surface area contributed by atoms with Crippen molar-refractivity contribution in [3.63, 3.8) is 0 Å². The minimum Gasteiger partial charge on any atom is -0.352 e. The van der Waals surface area contributed by atoms with Gasteiger partial charge in [0.25, 0.3) is 15.9 Å². The summed E-state index contributed by atoms with van der Waals surface area (Å²) in [5.74, 6) is -0.207. The summed E-state index contributed by atoms with van der Waals surface area (Å²) in [5, 5.41) is 3.16. The first-order valence-corrected chi connectivity index (χ1v) is 10.4. The van der Waals surface area contributed by atoms with E-state index in [1.807, 2.05) is 19.0 Å². The van der Waals surface area contributed by atoms with Gasteiger partial charge >= 0.3 is 0 Å². The number of nitrogens with zero attached hydrogens (tertiary/aromatic N) is 1. The normalized spacial score (nSPS) is 11.4. The summed E-state index contributed by atoms with van der Waals surface area (Å²) in [4.78, 5) is 14.0. The zero-order valence-electron chi connectivity index (χ0n) is 15.0. The molecule has 0 bridgehead atoms. The summed E-state index contributed by atoms with van der Waals surface area (Å²) < 4.78 is 27.4. The topological polar surface area (TPSA) is 78.5 Å². The van der Waals surface area contributed by atoms with Gasteiger partial charge in [0.15, 0.2) is 0 Å². The van der Waals surface area contributed by atoms with Crippen LogP contribution in [0, 0.1) is 0 Å². The molecule has 0 unspecified atom stereocenters. The zero-order chi connectivity index (χ0) is 20.0. The van der Waals surface area contributed by atoms with Crippen molar-refractivity contribution in [2.75, 3.05) is 31.9 Å². The van der Waals surface area contributed by atoms with Gasteiger partial charge in [-0.25, -0.2) is 8.42 Å². The van der Waals surface area contributed by atoms with E-state index in [1.54, 1.807) is 12.1 Å². The van der Waals surface area contributed by atoms with Crippen LogP contribution in [0.5, 0.6) is 0 Å². The number of amides is 1. The van der Waals surface area contributed by atoms with E-state index in [0.29, 0.717) is 17.8 Å². The molecule has 2 rings (SSSR count). The third kappa shape index (κ3) is 6.39. The molecule has 0 spiro atoms. The smallest absolute Gasteiger partial charge is 0.263 e. The zero-order valence-corrected chi connectivity index (χ0v) is 17.3. The van der Waals surface area contributed by atoms with Gasteiger partial charge in [-0.05, 0) is 69.5 Å². The lowest BCUT2D eigenvalue weighted by atomic mass is 10.2. The maximum Gasteiger partial charge on any atom is 0.263 e. The van der Waals surface area contributed by atoms with E-state index >= 15 is 0 Å². The molecule has 2 aromatic rings. The van der Waals surface area contributed by atoms with E-state index in [1.165, 1.54) is 30.3 Å². The lowest BCUT2D eigenvalue weighted by Gasteiger charge is -2.11. The van der Waals surface area contributed by atoms with Gasteiger partial charge in [0.2, 0.25) is 0 Å². The Morgan fingerprint density at radius 2 is 1.74 bits per heavy atom. The molecular weight excluding hydrogens is 409 g/mol. The Balaban J connectivity index is 2.02. The second-order valence-corrected chi connectivity index (χ2v) is 8.66. The molecule has 1 amide bonds. The van der Waals surface area contributed by atoms with E-state index in [-0.39, 0.29) is 20.8 Å². The van der Waals surface area contributed by atoms with Gasteiger partial charge < -0.3 is 10.2 Å². The van der Waals surface area contributed by atoms with Gasteiger partial charge in [0.05, 0.1) is 5.02 Å². The molecule has 0 aliphatic rings. The number of benzene rings is 2. The van der Waals surface area contributed by atoms with Crippen molar-refractivity contribution < 1.29 is 13.2 Å². The van der Waals surface area contributed by atoms with Crippen LogP contribution in [0.3, 0.4) is 0 Å². The predicted octanol–water partition coefficient (Wildman–Crippen LogP) is 3.48. The van der Waals surface area contributed by atoms with Crippen LogP contribution in [0.2, 0.25) is 10.0 Å². The molecule has 0 saturated heterocycles. The van der Waals surface area contributed by atoms with E-state index in [4.69, 9.17) is 23.2 Å². The maximum absolute atomic E-state index is 12.5. The van der Waals surface area contributed by atoms with E-state index in [0.717, 1.165) is 13.0 Å². The highest BCUT2D eigenvalue weighted by Gasteiger charge is 2.18. The third-order valence-electron chi connectivity index (χ3n) is 3.65. The molecule has 146 valence electrons. The van der Waals surface area contributed by atoms with Crippen LogP contribution in [0.4, 0.5) is 5.69 Å². The first-order valence-electron chi connectivity index (χ1n) is 8.20. The Bertz CT molecular complexity index is 901. The van der Waals surface area contributed by atoms with Gasteiger partial charge in [-0.15, -0.1) is 0 Å². The van der Waals surface area contributed by atoms with Crippen LogP contribution < -0.4 is 10.0 Å². The summed E-state index contributed by atoms with van der Waals surface area (Å²) in [7, 11) is 0.0439. The molecule has 6 nitrogen and oxygen atoms in total. The second-order valence-electron chi connectivity index (χ2n) is 6.17. The Morgan fingerprint density at radius 3 is 2.37 bits per heavy atom. The summed E-state index contributed by atoms with van der Waals surface area (Å²) in [5.41, 5.74) is 0.763. The van der Waals surface area contributed by atoms with Crippen LogP contribution in [0.15, 0.2) is 47.4 Å². The number of hydrogen-bond donors (Lipinski definition) is 2. The van der Waals surface area contributed by atoms with Crippen LogP contribution >= 0.6 is 23.2 Å². The molecule has 2 N–H and O–H groups in total. The van der Waals surface area contributed by atoms with Crippen molar-refractivity contribution >= 4 is 44.8 Å². The molecule has 0 radical (unpaired) electrons. The molecule has 0 aromatic heterocycles. The average Bonchev–Trinajstić information content (AvgIpc) is 2.60. The molecular formula is C18H21Cl2N3O3S. The molecule has 27 heavy (non-hydrogen) atoms. The van der Waals surface area contributed by atoms with E-state index in [2.05, 4.69) is 10.0 Å². The SMILES string of the molecule is CN(C)CCCNC(=O)c1ccc(NS(=O)(=O)c2cc(Cl)ccc2Cl)cc1. The Morgan fingerprint density at radius 1 is 1.07 bits per heavy atom. The van der Waals surface area contributed by atoms with Crippen molar-refractivity contribution in [1.82, 2.24) is 10.2 Å². The maximum atomic E-state index is 12.5. The highest BCUT2D eigenvalue weighted by atomic mass is 35.5. The number of carbonyl (C=O) groups is 1. The molecule has 0 aliphatic carbocycles. The lowest BCUT2D eigenvalue weighted by Crippen LogP contribution is -2.27. The number of anilines is 1. The monoisotopic (exact) mass is 429 g/mol. The largest absolute Gasteiger partial charge is 0.352 e. The van der Waals surface area contributed by atoms with Gasteiger partial charge in [-0.3, -0.25) is 9.52 Å². The molecule has 9 heteroatoms. The number of carbonyl (C=O) groups excluding carboxylic acids is 1. The molecule has 0 heterocycles. The number of halogens is 2. The summed E-state index contributed by atoms with van der Waals surface area (Å²) in [6, 6.07) is 10.4. The van der Waals surface area contributed by atoms with Crippen LogP contribution in [0.25, 0.3) is 0 Å². The number of rotatable bonds is 8. The Kier molecular flexibility index (Phi) is 7.49. The van der Waals surface area contributed by atoms with Crippen LogP contribution in [-0.2, 0) is 10.0 Å². The number of sulfonamides is 1. The summed E-state index contributed by atoms with van der Waals surface area (Å²) in [6.07, 6.45) is 0.844. The summed E-state index contributed by atoms with van der Waals surface area (Å²) >= 11 is 11.8. The predicted molar refractivity (Wildman–Crippen MR) is 109 cm³/mol. The molecule has 2 aromatic carbocycles. The number of hydrogen-bond acceptors (Lipinski definition) is 4. The van der Waals surface area contributed by atoms with E-state index in [9.17, 15) is 13.2 Å². The Hall–Kier alpha value is -1.80. The van der Waals surface area contributed by atoms with Crippen molar-refractivity contribution in [2.24, 2.45) is 0 Å². The van der Waals surface area contributed by atoms with E-state index < -0.39 is 10.0 Å². The first-order chi connectivity index (χ1) is 12.7. The quantitative estimate of drug-likeness (QED) is 0.629. The van der Waals surface area contributed by atoms with Crippen molar-refractivity contribution in [1.29, 1.82) is 0 Å². The van der Waals surface area contributed by atoms with Gasteiger partial charge in [-0.1, -0.05) is 23.2 Å². The highest BCUT2D eigenvalue weighted by molar-refractivity contribution is 7.92. The summed E-state index contributed by atoms with van der Waals surface area (Å²) in [6.45, 7) is 1.45. The number of nitrogens with one attached hydrogen (secondary N) is 2. The standard InChI is InChI=1S/C18H21Cl2N3O3S/c1-23(2)11-3-10-21-18(24)13-4-7-15(8-5-13)22-27(25,26)17-12-14(19)6-9-16(17)20/h4-9,12,22H,3,10-11H2,1-2H3,(H,21,24). The van der Waals surface area contributed by atoms with Crippen LogP contribution in [-0.4, -0.2) is 46.4 Å². The van der Waals surface area contributed by atoms with Gasteiger partial charge in [0.1, 0.15) is 4.90 Å². The van der Waals surface area contributed by atoms with Crippen molar-refractivity contribution in [3.05, 3.63) is 58.1 Å². The minimum absolute atomic E-state index is 0.0700. The first kappa shape index (κ1) is 21.5. The minimum atomic E-state index is -3.90. The lowest BCUT2D eigenvalue weighted by molar-refractivity contribution is 0.0952. The molecule has 0 atom stereocenters. The fourth-order valence-electron chi connectivity index (χ4n) is 2.28. The van der Waals surface area contributed by atoms with Crippen molar-refractivity contribution in [3.8, 4) is 0 Å². The highest BCUT2D eigenvalue weighted by Crippen LogP contribution is 2.26. The Labute approximate surface area is 169 Å². The fraction of sp³-hybridized carbons (Fsp3) is 0.278. The van der Waals surface area contributed by atoms with Gasteiger partial charge in [-0.2, -0.15) is 0 Å². The second kappa shape index (κ2) is 9.41. The fourth-order valence-corrected chi connectivity index (χ4v) is 4.10. The third-order valence-corrected chi connectivity index (χ3v) is 5.75. The average molecular weight is 430 g/mol. The molecule has 0 aliphatic heterocycles. The molecule has 0 saturated carbocycles. The van der Waals surface area contributed by atoms with Crippen LogP contribution in [0.1, 0.15) is 16.8 Å².